The first-order chi connectivity index (χ1) is 6.61. The molecule has 2 rings (SSSR count). The van der Waals surface area contributed by atoms with Gasteiger partial charge in [0.2, 0.25) is 0 Å². The second kappa shape index (κ2) is 2.83. The van der Waals surface area contributed by atoms with E-state index in [1.54, 1.807) is 23.9 Å². The topological polar surface area (TPSA) is 55.1 Å². The minimum absolute atomic E-state index is 0.256. The van der Waals surface area contributed by atoms with Gasteiger partial charge in [-0.2, -0.15) is 5.10 Å². The highest BCUT2D eigenvalue weighted by Crippen LogP contribution is 2.20. The van der Waals surface area contributed by atoms with Gasteiger partial charge in [0, 0.05) is 18.1 Å². The van der Waals surface area contributed by atoms with Gasteiger partial charge in [-0.25, -0.2) is 4.79 Å². The number of nitrogens with zero attached hydrogens (tertiary/aromatic N) is 2. The number of aromatic carboxylic acids is 1. The monoisotopic (exact) mass is 190 g/mol. The largest absolute Gasteiger partial charge is 0.478 e. The van der Waals surface area contributed by atoms with Crippen molar-refractivity contribution in [2.45, 2.75) is 6.92 Å². The van der Waals surface area contributed by atoms with Gasteiger partial charge in [-0.1, -0.05) is 12.1 Å². The molecule has 1 N–H and O–H groups in total. The highest BCUT2D eigenvalue weighted by Gasteiger charge is 2.12. The zero-order chi connectivity index (χ0) is 10.3. The fourth-order valence-electron chi connectivity index (χ4n) is 1.52. The predicted octanol–water partition coefficient (Wildman–Crippen LogP) is 1.58. The average Bonchev–Trinajstić information content (AvgIpc) is 2.43. The van der Waals surface area contributed by atoms with Crippen LogP contribution < -0.4 is 0 Å². The van der Waals surface area contributed by atoms with Crippen LogP contribution in [0.4, 0.5) is 0 Å². The number of hydrogen-bond donors (Lipinski definition) is 1. The van der Waals surface area contributed by atoms with Gasteiger partial charge in [0.1, 0.15) is 5.52 Å². The van der Waals surface area contributed by atoms with Crippen LogP contribution in [0.2, 0.25) is 0 Å². The van der Waals surface area contributed by atoms with Crippen LogP contribution in [0.3, 0.4) is 0 Å². The molecule has 0 amide bonds. The molecule has 0 radical (unpaired) electrons. The van der Waals surface area contributed by atoms with Crippen LogP contribution >= 0.6 is 0 Å². The lowest BCUT2D eigenvalue weighted by Gasteiger charge is -1.94. The van der Waals surface area contributed by atoms with Crippen molar-refractivity contribution < 1.29 is 9.90 Å². The van der Waals surface area contributed by atoms with Gasteiger partial charge in [-0.3, -0.25) is 4.68 Å². The van der Waals surface area contributed by atoms with Crippen molar-refractivity contribution in [2.75, 3.05) is 0 Å². The molecule has 0 aliphatic rings. The zero-order valence-corrected chi connectivity index (χ0v) is 7.98. The minimum Gasteiger partial charge on any atom is -0.478 e. The number of carboxylic acid groups (broad SMARTS) is 1. The molecular formula is C10H10N2O2. The van der Waals surface area contributed by atoms with Gasteiger partial charge in [0.05, 0.1) is 5.56 Å². The molecule has 4 heteroatoms. The Bertz CT molecular complexity index is 514. The van der Waals surface area contributed by atoms with E-state index in [9.17, 15) is 4.79 Å². The van der Waals surface area contributed by atoms with Crippen molar-refractivity contribution >= 4 is 16.9 Å². The fraction of sp³-hybridized carbons (Fsp3) is 0.200. The van der Waals surface area contributed by atoms with Crippen molar-refractivity contribution in [3.05, 3.63) is 29.5 Å². The Labute approximate surface area is 80.8 Å². The minimum atomic E-state index is -0.936. The van der Waals surface area contributed by atoms with E-state index in [1.165, 1.54) is 0 Å². The van der Waals surface area contributed by atoms with Gasteiger partial charge >= 0.3 is 5.97 Å². The quantitative estimate of drug-likeness (QED) is 0.742. The van der Waals surface area contributed by atoms with Crippen molar-refractivity contribution in [2.24, 2.45) is 7.05 Å². The van der Waals surface area contributed by atoms with E-state index in [1.807, 2.05) is 13.0 Å². The highest BCUT2D eigenvalue weighted by molar-refractivity contribution is 6.02. The molecule has 0 saturated heterocycles. The molecule has 0 bridgehead atoms. The van der Waals surface area contributed by atoms with E-state index in [-0.39, 0.29) is 5.56 Å². The Balaban J connectivity index is 2.88. The fourth-order valence-corrected chi connectivity index (χ4v) is 1.52. The van der Waals surface area contributed by atoms with Gasteiger partial charge in [-0.15, -0.1) is 0 Å². The maximum Gasteiger partial charge on any atom is 0.337 e. The number of hydrogen-bond acceptors (Lipinski definition) is 2. The number of rotatable bonds is 1. The molecule has 4 nitrogen and oxygen atoms in total. The Hall–Kier alpha value is -1.84. The third kappa shape index (κ3) is 1.08. The molecule has 0 atom stereocenters. The Kier molecular flexibility index (Phi) is 1.77. The predicted molar refractivity (Wildman–Crippen MR) is 52.4 cm³/mol. The molecule has 0 saturated carbocycles. The Morgan fingerprint density at radius 3 is 2.86 bits per heavy atom. The summed E-state index contributed by atoms with van der Waals surface area (Å²) in [7, 11) is 1.81. The summed E-state index contributed by atoms with van der Waals surface area (Å²) in [5.41, 5.74) is 1.79. The van der Waals surface area contributed by atoms with Crippen LogP contribution in [0.1, 0.15) is 16.1 Å². The van der Waals surface area contributed by atoms with E-state index in [0.29, 0.717) is 5.52 Å². The lowest BCUT2D eigenvalue weighted by molar-refractivity contribution is 0.0699. The summed E-state index contributed by atoms with van der Waals surface area (Å²) in [4.78, 5) is 10.9. The molecule has 1 heterocycles. The normalized spacial score (nSPS) is 10.7. The van der Waals surface area contributed by atoms with Crippen LogP contribution in [0.25, 0.3) is 10.9 Å². The molecule has 72 valence electrons. The lowest BCUT2D eigenvalue weighted by atomic mass is 10.1. The van der Waals surface area contributed by atoms with Crippen LogP contribution in [-0.4, -0.2) is 20.9 Å². The Morgan fingerprint density at radius 1 is 1.50 bits per heavy atom. The molecule has 0 fully saturated rings. The van der Waals surface area contributed by atoms with Gasteiger partial charge in [0.25, 0.3) is 0 Å². The second-order valence-electron chi connectivity index (χ2n) is 3.22. The molecule has 14 heavy (non-hydrogen) atoms. The van der Waals surface area contributed by atoms with E-state index < -0.39 is 5.97 Å². The molecule has 0 aliphatic carbocycles. The molecule has 1 aromatic heterocycles. The second-order valence-corrected chi connectivity index (χ2v) is 3.22. The number of fused-ring (bicyclic) bond motifs is 1. The van der Waals surface area contributed by atoms with Gasteiger partial charge in [0.15, 0.2) is 0 Å². The summed E-state index contributed by atoms with van der Waals surface area (Å²) < 4.78 is 1.69. The summed E-state index contributed by atoms with van der Waals surface area (Å²) in [6.45, 7) is 1.92. The van der Waals surface area contributed by atoms with Gasteiger partial charge in [-0.05, 0) is 13.0 Å². The molecule has 0 unspecified atom stereocenters. The van der Waals surface area contributed by atoms with Crippen molar-refractivity contribution in [3.8, 4) is 0 Å². The van der Waals surface area contributed by atoms with E-state index >= 15 is 0 Å². The first-order valence-corrected chi connectivity index (χ1v) is 4.27. The first kappa shape index (κ1) is 8.74. The SMILES string of the molecule is Cc1c2cccc(C(=O)O)c2nn1C. The number of carboxylic acids is 1. The van der Waals surface area contributed by atoms with Crippen LogP contribution in [0, 0.1) is 6.92 Å². The average molecular weight is 190 g/mol. The van der Waals surface area contributed by atoms with Crippen molar-refractivity contribution in [3.63, 3.8) is 0 Å². The summed E-state index contributed by atoms with van der Waals surface area (Å²) in [5.74, 6) is -0.936. The molecule has 0 spiro atoms. The summed E-state index contributed by atoms with van der Waals surface area (Å²) in [6.07, 6.45) is 0. The summed E-state index contributed by atoms with van der Waals surface area (Å²) in [6, 6.07) is 5.18. The molecule has 1 aromatic carbocycles. The van der Waals surface area contributed by atoms with Crippen molar-refractivity contribution in [1.29, 1.82) is 0 Å². The first-order valence-electron chi connectivity index (χ1n) is 4.27. The van der Waals surface area contributed by atoms with Gasteiger partial charge < -0.3 is 5.11 Å². The maximum atomic E-state index is 10.9. The molecule has 0 aliphatic heterocycles. The van der Waals surface area contributed by atoms with E-state index in [4.69, 9.17) is 5.11 Å². The number of benzene rings is 1. The van der Waals surface area contributed by atoms with E-state index in [2.05, 4.69) is 5.10 Å². The summed E-state index contributed by atoms with van der Waals surface area (Å²) >= 11 is 0. The molecule has 2 aromatic rings. The maximum absolute atomic E-state index is 10.9. The summed E-state index contributed by atoms with van der Waals surface area (Å²) in [5, 5.41) is 14.0. The third-order valence-electron chi connectivity index (χ3n) is 2.39. The number of aryl methyl sites for hydroxylation is 2. The lowest BCUT2D eigenvalue weighted by Crippen LogP contribution is -1.97. The Morgan fingerprint density at radius 2 is 2.21 bits per heavy atom. The standard InChI is InChI=1S/C10H10N2O2/c1-6-7-4-3-5-8(10(13)14)9(7)11-12(6)2/h3-5H,1-2H3,(H,13,14). The third-order valence-corrected chi connectivity index (χ3v) is 2.39. The smallest absolute Gasteiger partial charge is 0.337 e. The zero-order valence-electron chi connectivity index (χ0n) is 7.98. The van der Waals surface area contributed by atoms with E-state index in [0.717, 1.165) is 11.1 Å². The molecular weight excluding hydrogens is 180 g/mol. The van der Waals surface area contributed by atoms with Crippen LogP contribution in [-0.2, 0) is 7.05 Å². The highest BCUT2D eigenvalue weighted by atomic mass is 16.4. The van der Waals surface area contributed by atoms with Crippen molar-refractivity contribution in [1.82, 2.24) is 9.78 Å². The van der Waals surface area contributed by atoms with Crippen LogP contribution in [0.15, 0.2) is 18.2 Å². The van der Waals surface area contributed by atoms with Crippen LogP contribution in [0.5, 0.6) is 0 Å². The number of carbonyl (C=O) groups is 1. The number of aromatic nitrogens is 2.